The number of alkyl halides is 1. The Morgan fingerprint density at radius 3 is 2.40 bits per heavy atom. The Bertz CT molecular complexity index is 389. The van der Waals surface area contributed by atoms with E-state index in [2.05, 4.69) is 0 Å². The molecule has 0 aliphatic heterocycles. The van der Waals surface area contributed by atoms with Crippen LogP contribution in [0.5, 0.6) is 0 Å². The van der Waals surface area contributed by atoms with Crippen molar-refractivity contribution in [3.63, 3.8) is 0 Å². The van der Waals surface area contributed by atoms with E-state index in [1.165, 1.54) is 6.07 Å². The molecule has 1 aromatic carbocycles. The average Bonchev–Trinajstić information content (AvgIpc) is 2.16. The Labute approximate surface area is 91.1 Å². The van der Waals surface area contributed by atoms with Gasteiger partial charge in [-0.3, -0.25) is 9.59 Å². The van der Waals surface area contributed by atoms with E-state index in [4.69, 9.17) is 21.8 Å². The lowest BCUT2D eigenvalue weighted by Crippen LogP contribution is -2.10. The molecular weight excluding hydrogens is 220 g/mol. The van der Waals surface area contributed by atoms with Gasteiger partial charge >= 0.3 is 11.9 Å². The zero-order valence-electron chi connectivity index (χ0n) is 7.68. The molecule has 0 fully saturated rings. The summed E-state index contributed by atoms with van der Waals surface area (Å²) in [7, 11) is 0. The molecule has 0 bridgehead atoms. The number of aliphatic carboxylic acids is 2. The SMILES string of the molecule is O=C(O)Cc1ccccc1C(Cl)C(=O)O. The molecule has 5 heteroatoms. The van der Waals surface area contributed by atoms with E-state index in [1.54, 1.807) is 18.2 Å². The topological polar surface area (TPSA) is 74.6 Å². The summed E-state index contributed by atoms with van der Waals surface area (Å²) in [5.41, 5.74) is 0.751. The van der Waals surface area contributed by atoms with Crippen LogP contribution in [0.4, 0.5) is 0 Å². The number of carboxylic acid groups (broad SMARTS) is 2. The normalized spacial score (nSPS) is 12.1. The lowest BCUT2D eigenvalue weighted by molar-refractivity contribution is -0.138. The summed E-state index contributed by atoms with van der Waals surface area (Å²) in [6, 6.07) is 6.35. The van der Waals surface area contributed by atoms with Gasteiger partial charge in [-0.05, 0) is 11.1 Å². The zero-order chi connectivity index (χ0) is 11.4. The van der Waals surface area contributed by atoms with E-state index >= 15 is 0 Å². The molecule has 0 aliphatic carbocycles. The van der Waals surface area contributed by atoms with Crippen molar-refractivity contribution >= 4 is 23.5 Å². The van der Waals surface area contributed by atoms with Gasteiger partial charge in [0.25, 0.3) is 0 Å². The number of benzene rings is 1. The summed E-state index contributed by atoms with van der Waals surface area (Å²) < 4.78 is 0. The zero-order valence-corrected chi connectivity index (χ0v) is 8.44. The van der Waals surface area contributed by atoms with E-state index in [0.717, 1.165) is 0 Å². The molecule has 15 heavy (non-hydrogen) atoms. The first kappa shape index (κ1) is 11.5. The molecule has 2 N–H and O–H groups in total. The fraction of sp³-hybridized carbons (Fsp3) is 0.200. The maximum atomic E-state index is 10.7. The van der Waals surface area contributed by atoms with Crippen LogP contribution in [0, 0.1) is 0 Å². The molecule has 1 rings (SSSR count). The highest BCUT2D eigenvalue weighted by atomic mass is 35.5. The fourth-order valence-electron chi connectivity index (χ4n) is 1.24. The second-order valence-electron chi connectivity index (χ2n) is 2.97. The van der Waals surface area contributed by atoms with Crippen molar-refractivity contribution in [2.45, 2.75) is 11.8 Å². The minimum atomic E-state index is -1.21. The largest absolute Gasteiger partial charge is 0.481 e. The van der Waals surface area contributed by atoms with Gasteiger partial charge in [-0.2, -0.15) is 0 Å². The maximum absolute atomic E-state index is 10.7. The summed E-state index contributed by atoms with van der Waals surface area (Å²) in [5, 5.41) is 16.1. The van der Waals surface area contributed by atoms with Crippen LogP contribution in [0.2, 0.25) is 0 Å². The Balaban J connectivity index is 3.05. The first-order chi connectivity index (χ1) is 7.02. The van der Waals surface area contributed by atoms with Gasteiger partial charge in [0.15, 0.2) is 5.38 Å². The van der Waals surface area contributed by atoms with Crippen LogP contribution in [0.25, 0.3) is 0 Å². The van der Waals surface area contributed by atoms with E-state index in [-0.39, 0.29) is 6.42 Å². The number of carboxylic acids is 2. The van der Waals surface area contributed by atoms with Crippen molar-refractivity contribution in [1.82, 2.24) is 0 Å². The lowest BCUT2D eigenvalue weighted by Gasteiger charge is -2.09. The molecule has 0 aromatic heterocycles. The van der Waals surface area contributed by atoms with Crippen LogP contribution in [0.15, 0.2) is 24.3 Å². The van der Waals surface area contributed by atoms with Gasteiger partial charge in [0.05, 0.1) is 6.42 Å². The molecule has 0 aliphatic rings. The van der Waals surface area contributed by atoms with Gasteiger partial charge in [-0.15, -0.1) is 11.6 Å². The molecule has 1 unspecified atom stereocenters. The molecule has 1 aromatic rings. The van der Waals surface area contributed by atoms with E-state index in [0.29, 0.717) is 11.1 Å². The van der Waals surface area contributed by atoms with Crippen LogP contribution in [0.1, 0.15) is 16.5 Å². The Kier molecular flexibility index (Phi) is 3.68. The van der Waals surface area contributed by atoms with E-state index in [1.807, 2.05) is 0 Å². The van der Waals surface area contributed by atoms with E-state index < -0.39 is 17.3 Å². The summed E-state index contributed by atoms with van der Waals surface area (Å²) in [5.74, 6) is -2.20. The van der Waals surface area contributed by atoms with Gasteiger partial charge < -0.3 is 10.2 Å². The first-order valence-corrected chi connectivity index (χ1v) is 4.62. The summed E-state index contributed by atoms with van der Waals surface area (Å²) in [4.78, 5) is 21.2. The van der Waals surface area contributed by atoms with Crippen LogP contribution < -0.4 is 0 Å². The number of halogens is 1. The molecule has 0 saturated carbocycles. The van der Waals surface area contributed by atoms with Crippen LogP contribution in [-0.4, -0.2) is 22.2 Å². The van der Waals surface area contributed by atoms with Gasteiger partial charge in [0.2, 0.25) is 0 Å². The third kappa shape index (κ3) is 2.95. The molecule has 4 nitrogen and oxygen atoms in total. The predicted molar refractivity (Wildman–Crippen MR) is 54.0 cm³/mol. The van der Waals surface area contributed by atoms with Crippen LogP contribution in [0.3, 0.4) is 0 Å². The molecule has 80 valence electrons. The van der Waals surface area contributed by atoms with E-state index in [9.17, 15) is 9.59 Å². The summed E-state index contributed by atoms with van der Waals surface area (Å²) >= 11 is 5.64. The van der Waals surface area contributed by atoms with Gasteiger partial charge in [-0.25, -0.2) is 0 Å². The lowest BCUT2D eigenvalue weighted by atomic mass is 10.0. The highest BCUT2D eigenvalue weighted by Crippen LogP contribution is 2.24. The van der Waals surface area contributed by atoms with Gasteiger partial charge in [0.1, 0.15) is 0 Å². The highest BCUT2D eigenvalue weighted by molar-refractivity contribution is 6.29. The number of rotatable bonds is 4. The predicted octanol–water partition coefficient (Wildman–Crippen LogP) is 1.68. The molecule has 0 heterocycles. The number of hydrogen-bond donors (Lipinski definition) is 2. The van der Waals surface area contributed by atoms with Crippen LogP contribution in [-0.2, 0) is 16.0 Å². The summed E-state index contributed by atoms with van der Waals surface area (Å²) in [6.45, 7) is 0. The molecule has 1 atom stereocenters. The van der Waals surface area contributed by atoms with Gasteiger partial charge in [0, 0.05) is 0 Å². The molecule has 0 amide bonds. The Morgan fingerprint density at radius 2 is 1.87 bits per heavy atom. The average molecular weight is 229 g/mol. The molecular formula is C10H9ClO4. The first-order valence-electron chi connectivity index (χ1n) is 4.19. The van der Waals surface area contributed by atoms with Crippen molar-refractivity contribution < 1.29 is 19.8 Å². The fourth-order valence-corrected chi connectivity index (χ4v) is 1.45. The second kappa shape index (κ2) is 4.79. The molecule has 0 spiro atoms. The van der Waals surface area contributed by atoms with Gasteiger partial charge in [-0.1, -0.05) is 24.3 Å². The Morgan fingerprint density at radius 1 is 1.27 bits per heavy atom. The maximum Gasteiger partial charge on any atom is 0.326 e. The smallest absolute Gasteiger partial charge is 0.326 e. The quantitative estimate of drug-likeness (QED) is 0.769. The molecule has 0 saturated heterocycles. The van der Waals surface area contributed by atoms with Crippen LogP contribution >= 0.6 is 11.6 Å². The van der Waals surface area contributed by atoms with Crippen molar-refractivity contribution in [3.8, 4) is 0 Å². The van der Waals surface area contributed by atoms with Crippen molar-refractivity contribution in [1.29, 1.82) is 0 Å². The van der Waals surface area contributed by atoms with Crippen molar-refractivity contribution in [2.24, 2.45) is 0 Å². The van der Waals surface area contributed by atoms with Crippen molar-refractivity contribution in [2.75, 3.05) is 0 Å². The third-order valence-corrected chi connectivity index (χ3v) is 2.31. The standard InChI is InChI=1S/C10H9ClO4/c11-9(10(14)15)7-4-2-1-3-6(7)5-8(12)13/h1-4,9H,5H2,(H,12,13)(H,14,15). The molecule has 0 radical (unpaired) electrons. The highest BCUT2D eigenvalue weighted by Gasteiger charge is 2.20. The third-order valence-electron chi connectivity index (χ3n) is 1.89. The monoisotopic (exact) mass is 228 g/mol. The summed E-state index contributed by atoms with van der Waals surface area (Å²) in [6.07, 6.45) is -0.229. The minimum Gasteiger partial charge on any atom is -0.481 e. The number of carbonyl (C=O) groups is 2. The minimum absolute atomic E-state index is 0.229. The van der Waals surface area contributed by atoms with Crippen molar-refractivity contribution in [3.05, 3.63) is 35.4 Å². The number of hydrogen-bond acceptors (Lipinski definition) is 2. The Hall–Kier alpha value is -1.55. The second-order valence-corrected chi connectivity index (χ2v) is 3.41.